The maximum atomic E-state index is 6.22. The van der Waals surface area contributed by atoms with Crippen molar-refractivity contribution in [2.45, 2.75) is 44.6 Å². The molecule has 0 saturated heterocycles. The van der Waals surface area contributed by atoms with Crippen LogP contribution in [-0.4, -0.2) is 10.1 Å². The van der Waals surface area contributed by atoms with Gasteiger partial charge in [-0.2, -0.15) is 4.98 Å². The van der Waals surface area contributed by atoms with Crippen molar-refractivity contribution in [3.63, 3.8) is 0 Å². The fraction of sp³-hybridized carbons (Fsp3) is 0.818. The summed E-state index contributed by atoms with van der Waals surface area (Å²) in [6.45, 7) is 4.21. The molecule has 2 N–H and O–H groups in total. The molecular formula is C11H17N3O. The van der Waals surface area contributed by atoms with E-state index in [-0.39, 0.29) is 0 Å². The van der Waals surface area contributed by atoms with E-state index in [2.05, 4.69) is 17.1 Å². The molecule has 1 aromatic heterocycles. The van der Waals surface area contributed by atoms with Crippen molar-refractivity contribution in [1.82, 2.24) is 10.1 Å². The third-order valence-corrected chi connectivity index (χ3v) is 3.77. The second-order valence-electron chi connectivity index (χ2n) is 5.33. The molecule has 4 nitrogen and oxygen atoms in total. The summed E-state index contributed by atoms with van der Waals surface area (Å²) in [5.74, 6) is 3.23. The molecule has 0 aromatic carbocycles. The van der Waals surface area contributed by atoms with E-state index in [1.165, 1.54) is 19.3 Å². The van der Waals surface area contributed by atoms with Gasteiger partial charge in [0.05, 0.1) is 5.54 Å². The molecule has 0 bridgehead atoms. The van der Waals surface area contributed by atoms with Crippen molar-refractivity contribution in [1.29, 1.82) is 0 Å². The molecule has 2 saturated carbocycles. The number of nitrogens with zero attached hydrogens (tertiary/aromatic N) is 2. The average Bonchev–Trinajstić information content (AvgIpc) is 3.08. The van der Waals surface area contributed by atoms with Gasteiger partial charge in [0.25, 0.3) is 0 Å². The molecule has 1 heterocycles. The Morgan fingerprint density at radius 2 is 2.13 bits per heavy atom. The molecule has 2 aliphatic carbocycles. The highest BCUT2D eigenvalue weighted by molar-refractivity contribution is 5.12. The van der Waals surface area contributed by atoms with Crippen molar-refractivity contribution in [3.8, 4) is 0 Å². The van der Waals surface area contributed by atoms with Crippen molar-refractivity contribution < 1.29 is 4.52 Å². The predicted octanol–water partition coefficient (Wildman–Crippen LogP) is 1.78. The van der Waals surface area contributed by atoms with Gasteiger partial charge < -0.3 is 10.3 Å². The summed E-state index contributed by atoms with van der Waals surface area (Å²) in [6, 6.07) is 0. The van der Waals surface area contributed by atoms with E-state index in [4.69, 9.17) is 10.3 Å². The van der Waals surface area contributed by atoms with Gasteiger partial charge in [-0.1, -0.05) is 12.1 Å². The van der Waals surface area contributed by atoms with Crippen LogP contribution in [0.2, 0.25) is 0 Å². The normalized spacial score (nSPS) is 33.8. The van der Waals surface area contributed by atoms with Crippen LogP contribution in [0, 0.1) is 11.8 Å². The summed E-state index contributed by atoms with van der Waals surface area (Å²) in [5.41, 5.74) is 5.80. The third kappa shape index (κ3) is 1.47. The Balaban J connectivity index is 1.83. The Morgan fingerprint density at radius 3 is 2.67 bits per heavy atom. The third-order valence-electron chi connectivity index (χ3n) is 3.77. The Kier molecular flexibility index (Phi) is 1.75. The van der Waals surface area contributed by atoms with Crippen molar-refractivity contribution >= 4 is 0 Å². The zero-order valence-corrected chi connectivity index (χ0v) is 9.23. The highest BCUT2D eigenvalue weighted by atomic mass is 16.5. The first-order chi connectivity index (χ1) is 7.09. The summed E-state index contributed by atoms with van der Waals surface area (Å²) in [4.78, 5) is 4.45. The Bertz CT molecular complexity index is 381. The summed E-state index contributed by atoms with van der Waals surface area (Å²) in [5, 5.41) is 4.04. The van der Waals surface area contributed by atoms with Gasteiger partial charge >= 0.3 is 0 Å². The molecular weight excluding hydrogens is 190 g/mol. The monoisotopic (exact) mass is 207 g/mol. The fourth-order valence-corrected chi connectivity index (χ4v) is 2.14. The Hall–Kier alpha value is -0.900. The van der Waals surface area contributed by atoms with E-state index in [9.17, 15) is 0 Å². The highest BCUT2D eigenvalue weighted by Crippen LogP contribution is 2.47. The highest BCUT2D eigenvalue weighted by Gasteiger charge is 2.45. The van der Waals surface area contributed by atoms with Crippen LogP contribution in [-0.2, 0) is 5.54 Å². The minimum absolute atomic E-state index is 0.413. The van der Waals surface area contributed by atoms with E-state index in [0.29, 0.717) is 23.6 Å². The molecule has 82 valence electrons. The van der Waals surface area contributed by atoms with Gasteiger partial charge in [0.2, 0.25) is 5.89 Å². The number of nitrogens with two attached hydrogens (primary N) is 1. The predicted molar refractivity (Wildman–Crippen MR) is 55.1 cm³/mol. The van der Waals surface area contributed by atoms with Crippen LogP contribution in [0.5, 0.6) is 0 Å². The molecule has 2 fully saturated rings. The molecule has 2 aliphatic rings. The minimum atomic E-state index is -0.413. The van der Waals surface area contributed by atoms with Gasteiger partial charge in [-0.15, -0.1) is 0 Å². The van der Waals surface area contributed by atoms with Gasteiger partial charge in [-0.05, 0) is 38.0 Å². The zero-order valence-electron chi connectivity index (χ0n) is 9.23. The SMILES string of the molecule is CC1CC1c1noc(C(C)(N)C2CC2)n1. The first-order valence-corrected chi connectivity index (χ1v) is 5.72. The summed E-state index contributed by atoms with van der Waals surface area (Å²) in [7, 11) is 0. The van der Waals surface area contributed by atoms with Crippen LogP contribution in [0.1, 0.15) is 50.7 Å². The molecule has 3 atom stereocenters. The number of hydrogen-bond acceptors (Lipinski definition) is 4. The van der Waals surface area contributed by atoms with Gasteiger partial charge in [0.1, 0.15) is 0 Å². The molecule has 4 heteroatoms. The summed E-state index contributed by atoms with van der Waals surface area (Å²) in [6.07, 6.45) is 3.55. The standard InChI is InChI=1S/C11H17N3O/c1-6-5-8(6)9-13-10(15-14-9)11(2,12)7-3-4-7/h6-8H,3-5,12H2,1-2H3. The van der Waals surface area contributed by atoms with Gasteiger partial charge in [0, 0.05) is 5.92 Å². The Morgan fingerprint density at radius 1 is 1.47 bits per heavy atom. The maximum Gasteiger partial charge on any atom is 0.246 e. The van der Waals surface area contributed by atoms with Gasteiger partial charge in [-0.3, -0.25) is 0 Å². The topological polar surface area (TPSA) is 64.9 Å². The Labute approximate surface area is 89.2 Å². The van der Waals surface area contributed by atoms with Crippen LogP contribution in [0.15, 0.2) is 4.52 Å². The first kappa shape index (κ1) is 9.33. The van der Waals surface area contributed by atoms with Crippen molar-refractivity contribution in [2.24, 2.45) is 17.6 Å². The van der Waals surface area contributed by atoms with Gasteiger partial charge in [-0.25, -0.2) is 0 Å². The maximum absolute atomic E-state index is 6.22. The molecule has 3 unspecified atom stereocenters. The molecule has 0 aliphatic heterocycles. The van der Waals surface area contributed by atoms with Crippen molar-refractivity contribution in [3.05, 3.63) is 11.7 Å². The van der Waals surface area contributed by atoms with Crippen LogP contribution in [0.3, 0.4) is 0 Å². The minimum Gasteiger partial charge on any atom is -0.337 e. The van der Waals surface area contributed by atoms with E-state index in [0.717, 1.165) is 5.82 Å². The van der Waals surface area contributed by atoms with E-state index in [1.807, 2.05) is 6.92 Å². The van der Waals surface area contributed by atoms with E-state index < -0.39 is 5.54 Å². The van der Waals surface area contributed by atoms with Crippen LogP contribution >= 0.6 is 0 Å². The van der Waals surface area contributed by atoms with Crippen LogP contribution in [0.4, 0.5) is 0 Å². The quantitative estimate of drug-likeness (QED) is 0.820. The number of hydrogen-bond donors (Lipinski definition) is 1. The molecule has 3 rings (SSSR count). The lowest BCUT2D eigenvalue weighted by Crippen LogP contribution is -2.35. The first-order valence-electron chi connectivity index (χ1n) is 5.72. The van der Waals surface area contributed by atoms with Crippen LogP contribution in [0.25, 0.3) is 0 Å². The summed E-state index contributed by atoms with van der Waals surface area (Å²) < 4.78 is 5.29. The van der Waals surface area contributed by atoms with E-state index in [1.54, 1.807) is 0 Å². The average molecular weight is 207 g/mol. The lowest BCUT2D eigenvalue weighted by Gasteiger charge is -2.18. The number of aromatic nitrogens is 2. The molecule has 0 amide bonds. The lowest BCUT2D eigenvalue weighted by molar-refractivity contribution is 0.272. The molecule has 0 radical (unpaired) electrons. The van der Waals surface area contributed by atoms with Gasteiger partial charge in [0.15, 0.2) is 5.82 Å². The van der Waals surface area contributed by atoms with E-state index >= 15 is 0 Å². The second-order valence-corrected chi connectivity index (χ2v) is 5.33. The largest absolute Gasteiger partial charge is 0.337 e. The second kappa shape index (κ2) is 2.82. The zero-order chi connectivity index (χ0) is 10.6. The lowest BCUT2D eigenvalue weighted by atomic mass is 9.97. The smallest absolute Gasteiger partial charge is 0.246 e. The number of rotatable bonds is 3. The molecule has 0 spiro atoms. The summed E-state index contributed by atoms with van der Waals surface area (Å²) >= 11 is 0. The molecule has 1 aromatic rings. The molecule has 15 heavy (non-hydrogen) atoms. The van der Waals surface area contributed by atoms with Crippen molar-refractivity contribution in [2.75, 3.05) is 0 Å². The fourth-order valence-electron chi connectivity index (χ4n) is 2.14. The van der Waals surface area contributed by atoms with Crippen LogP contribution < -0.4 is 5.73 Å².